The highest BCUT2D eigenvalue weighted by Gasteiger charge is 2.26. The first-order valence-corrected chi connectivity index (χ1v) is 6.60. The Hall–Kier alpha value is -0.0800. The third-order valence-electron chi connectivity index (χ3n) is 3.99. The van der Waals surface area contributed by atoms with E-state index in [4.69, 9.17) is 4.74 Å². The van der Waals surface area contributed by atoms with Crippen molar-refractivity contribution in [1.29, 1.82) is 0 Å². The summed E-state index contributed by atoms with van der Waals surface area (Å²) >= 11 is 0. The summed E-state index contributed by atoms with van der Waals surface area (Å²) in [5, 5.41) is 3.62. The van der Waals surface area contributed by atoms with Crippen LogP contribution in [0.2, 0.25) is 0 Å². The maximum Gasteiger partial charge on any atom is 0.0703 e. The van der Waals surface area contributed by atoms with Crippen molar-refractivity contribution in [2.75, 3.05) is 13.2 Å². The van der Waals surface area contributed by atoms with Crippen LogP contribution in [0, 0.1) is 11.8 Å². The molecule has 1 heterocycles. The van der Waals surface area contributed by atoms with Gasteiger partial charge in [0, 0.05) is 12.6 Å². The van der Waals surface area contributed by atoms with Crippen LogP contribution in [0.5, 0.6) is 0 Å². The van der Waals surface area contributed by atoms with Gasteiger partial charge in [-0.1, -0.05) is 39.5 Å². The molecule has 0 radical (unpaired) electrons. The SMILES string of the molecule is CC(C)C1COC(CC2CCCC2)CN1. The van der Waals surface area contributed by atoms with Crippen LogP contribution in [-0.2, 0) is 4.74 Å². The zero-order valence-corrected chi connectivity index (χ0v) is 10.2. The molecule has 2 aliphatic rings. The molecule has 1 saturated carbocycles. The second kappa shape index (κ2) is 5.31. The summed E-state index contributed by atoms with van der Waals surface area (Å²) in [5.74, 6) is 1.64. The number of nitrogens with one attached hydrogen (secondary N) is 1. The average molecular weight is 211 g/mol. The first kappa shape index (κ1) is 11.4. The molecule has 0 aromatic heterocycles. The lowest BCUT2D eigenvalue weighted by atomic mass is 9.97. The van der Waals surface area contributed by atoms with Crippen LogP contribution >= 0.6 is 0 Å². The highest BCUT2D eigenvalue weighted by atomic mass is 16.5. The van der Waals surface area contributed by atoms with Gasteiger partial charge in [0.15, 0.2) is 0 Å². The van der Waals surface area contributed by atoms with Gasteiger partial charge in [-0.25, -0.2) is 0 Å². The van der Waals surface area contributed by atoms with Gasteiger partial charge in [-0.2, -0.15) is 0 Å². The summed E-state index contributed by atoms with van der Waals surface area (Å²) in [6.45, 7) is 6.51. The zero-order chi connectivity index (χ0) is 10.7. The molecule has 2 heteroatoms. The number of hydrogen-bond acceptors (Lipinski definition) is 2. The van der Waals surface area contributed by atoms with E-state index in [1.807, 2.05) is 0 Å². The molecule has 1 aliphatic carbocycles. The topological polar surface area (TPSA) is 21.3 Å². The van der Waals surface area contributed by atoms with Crippen molar-refractivity contribution in [3.63, 3.8) is 0 Å². The third kappa shape index (κ3) is 3.18. The monoisotopic (exact) mass is 211 g/mol. The Labute approximate surface area is 93.8 Å². The predicted molar refractivity (Wildman–Crippen MR) is 62.9 cm³/mol. The van der Waals surface area contributed by atoms with Gasteiger partial charge in [-0.15, -0.1) is 0 Å². The molecule has 2 atom stereocenters. The summed E-state index contributed by atoms with van der Waals surface area (Å²) < 4.78 is 5.95. The van der Waals surface area contributed by atoms with Crippen LogP contribution in [0.1, 0.15) is 46.0 Å². The molecule has 1 aliphatic heterocycles. The van der Waals surface area contributed by atoms with Gasteiger partial charge in [-0.3, -0.25) is 0 Å². The molecule has 2 fully saturated rings. The van der Waals surface area contributed by atoms with Gasteiger partial charge in [0.25, 0.3) is 0 Å². The van der Waals surface area contributed by atoms with E-state index in [2.05, 4.69) is 19.2 Å². The van der Waals surface area contributed by atoms with Crippen molar-refractivity contribution >= 4 is 0 Å². The van der Waals surface area contributed by atoms with Gasteiger partial charge < -0.3 is 10.1 Å². The molecular formula is C13H25NO. The summed E-state index contributed by atoms with van der Waals surface area (Å²) in [6.07, 6.45) is 7.54. The van der Waals surface area contributed by atoms with Gasteiger partial charge in [0.05, 0.1) is 12.7 Å². The molecule has 0 aromatic rings. The normalized spacial score (nSPS) is 33.8. The zero-order valence-electron chi connectivity index (χ0n) is 10.2. The standard InChI is InChI=1S/C13H25NO/c1-10(2)13-9-15-12(8-14-13)7-11-5-3-4-6-11/h10-14H,3-9H2,1-2H3. The Kier molecular flexibility index (Phi) is 4.04. The quantitative estimate of drug-likeness (QED) is 0.774. The van der Waals surface area contributed by atoms with Crippen LogP contribution in [0.25, 0.3) is 0 Å². The fourth-order valence-electron chi connectivity index (χ4n) is 2.84. The van der Waals surface area contributed by atoms with Crippen molar-refractivity contribution in [2.45, 2.75) is 58.1 Å². The minimum Gasteiger partial charge on any atom is -0.375 e. The van der Waals surface area contributed by atoms with Crippen molar-refractivity contribution in [2.24, 2.45) is 11.8 Å². The van der Waals surface area contributed by atoms with Crippen LogP contribution in [-0.4, -0.2) is 25.3 Å². The van der Waals surface area contributed by atoms with Crippen molar-refractivity contribution in [3.05, 3.63) is 0 Å². The fraction of sp³-hybridized carbons (Fsp3) is 1.00. The molecule has 0 spiro atoms. The van der Waals surface area contributed by atoms with E-state index in [9.17, 15) is 0 Å². The molecule has 0 aromatic carbocycles. The van der Waals surface area contributed by atoms with E-state index in [1.165, 1.54) is 32.1 Å². The second-order valence-electron chi connectivity index (χ2n) is 5.60. The maximum atomic E-state index is 5.95. The number of rotatable bonds is 3. The molecule has 15 heavy (non-hydrogen) atoms. The van der Waals surface area contributed by atoms with Gasteiger partial charge in [0.2, 0.25) is 0 Å². The molecule has 1 saturated heterocycles. The Morgan fingerprint density at radius 1 is 1.27 bits per heavy atom. The van der Waals surface area contributed by atoms with E-state index < -0.39 is 0 Å². The van der Waals surface area contributed by atoms with E-state index >= 15 is 0 Å². The molecule has 0 bridgehead atoms. The lowest BCUT2D eigenvalue weighted by Crippen LogP contribution is -2.49. The summed E-state index contributed by atoms with van der Waals surface area (Å²) in [7, 11) is 0. The number of hydrogen-bond donors (Lipinski definition) is 1. The predicted octanol–water partition coefficient (Wildman–Crippen LogP) is 2.58. The fourth-order valence-corrected chi connectivity index (χ4v) is 2.84. The Balaban J connectivity index is 1.68. The summed E-state index contributed by atoms with van der Waals surface area (Å²) in [5.41, 5.74) is 0. The van der Waals surface area contributed by atoms with Crippen molar-refractivity contribution in [1.82, 2.24) is 5.32 Å². The van der Waals surface area contributed by atoms with Gasteiger partial charge >= 0.3 is 0 Å². The number of ether oxygens (including phenoxy) is 1. The van der Waals surface area contributed by atoms with Crippen LogP contribution in [0.3, 0.4) is 0 Å². The maximum absolute atomic E-state index is 5.95. The van der Waals surface area contributed by atoms with E-state index in [0.29, 0.717) is 18.1 Å². The lowest BCUT2D eigenvalue weighted by molar-refractivity contribution is -0.0173. The summed E-state index contributed by atoms with van der Waals surface area (Å²) in [6, 6.07) is 0.574. The Morgan fingerprint density at radius 2 is 2.00 bits per heavy atom. The second-order valence-corrected chi connectivity index (χ2v) is 5.60. The van der Waals surface area contributed by atoms with E-state index in [1.54, 1.807) is 0 Å². The third-order valence-corrected chi connectivity index (χ3v) is 3.99. The minimum absolute atomic E-state index is 0.489. The highest BCUT2D eigenvalue weighted by molar-refractivity contribution is 4.81. The summed E-state index contributed by atoms with van der Waals surface area (Å²) in [4.78, 5) is 0. The largest absolute Gasteiger partial charge is 0.375 e. The van der Waals surface area contributed by atoms with Gasteiger partial charge in [-0.05, 0) is 18.3 Å². The van der Waals surface area contributed by atoms with E-state index in [0.717, 1.165) is 19.1 Å². The molecule has 0 amide bonds. The number of morpholine rings is 1. The molecule has 2 nitrogen and oxygen atoms in total. The molecule has 88 valence electrons. The van der Waals surface area contributed by atoms with E-state index in [-0.39, 0.29) is 0 Å². The van der Waals surface area contributed by atoms with Crippen LogP contribution in [0.15, 0.2) is 0 Å². The van der Waals surface area contributed by atoms with Crippen molar-refractivity contribution < 1.29 is 4.74 Å². The Bertz CT molecular complexity index is 179. The highest BCUT2D eigenvalue weighted by Crippen LogP contribution is 2.29. The minimum atomic E-state index is 0.489. The average Bonchev–Trinajstić information content (AvgIpc) is 2.71. The smallest absolute Gasteiger partial charge is 0.0703 e. The van der Waals surface area contributed by atoms with Gasteiger partial charge in [0.1, 0.15) is 0 Å². The Morgan fingerprint density at radius 3 is 2.53 bits per heavy atom. The first-order valence-electron chi connectivity index (χ1n) is 6.60. The molecular weight excluding hydrogens is 186 g/mol. The molecule has 1 N–H and O–H groups in total. The lowest BCUT2D eigenvalue weighted by Gasteiger charge is -2.33. The molecule has 2 unspecified atom stereocenters. The van der Waals surface area contributed by atoms with Crippen molar-refractivity contribution in [3.8, 4) is 0 Å². The first-order chi connectivity index (χ1) is 7.25. The molecule has 2 rings (SSSR count). The van der Waals surface area contributed by atoms with Crippen LogP contribution < -0.4 is 5.32 Å². The van der Waals surface area contributed by atoms with Crippen LogP contribution in [0.4, 0.5) is 0 Å².